The summed E-state index contributed by atoms with van der Waals surface area (Å²) >= 11 is 0. The first-order valence-electron chi connectivity index (χ1n) is 8.04. The first-order chi connectivity index (χ1) is 11.5. The Morgan fingerprint density at radius 1 is 0.792 bits per heavy atom. The fourth-order valence-electron chi connectivity index (χ4n) is 2.59. The molecule has 0 fully saturated rings. The molecule has 2 nitrogen and oxygen atoms in total. The van der Waals surface area contributed by atoms with Gasteiger partial charge >= 0.3 is 0 Å². The smallest absolute Gasteiger partial charge is 0.0762 e. The highest BCUT2D eigenvalue weighted by Crippen LogP contribution is 2.21. The molecular formula is C22H21NO. The second-order valence-electron chi connectivity index (χ2n) is 6.19. The van der Waals surface area contributed by atoms with Crippen molar-refractivity contribution in [2.24, 2.45) is 0 Å². The fraction of sp³-hybridized carbons (Fsp3) is 0.182. The summed E-state index contributed by atoms with van der Waals surface area (Å²) in [4.78, 5) is 2.07. The number of aliphatic hydroxyl groups excluding tert-OH is 1. The van der Waals surface area contributed by atoms with Gasteiger partial charge in [-0.3, -0.25) is 0 Å². The second kappa shape index (κ2) is 6.78. The molecule has 0 bridgehead atoms. The predicted molar refractivity (Wildman–Crippen MR) is 101 cm³/mol. The zero-order valence-electron chi connectivity index (χ0n) is 14.2. The molecule has 24 heavy (non-hydrogen) atoms. The molecule has 0 aliphatic carbocycles. The number of aliphatic hydroxyl groups is 1. The predicted octanol–water partition coefficient (Wildman–Crippen LogP) is 4.36. The normalized spacial score (nSPS) is 11.7. The highest BCUT2D eigenvalue weighted by molar-refractivity contribution is 5.84. The molecule has 3 rings (SSSR count). The standard InChI is InChI=1S/C22H21NO/c1-16(24)19-10-11-20-14-18(6-9-21(20)15-19)5-4-17-7-12-22(13-8-17)23(2)3/h6-16,24H,1-3H3. The van der Waals surface area contributed by atoms with Gasteiger partial charge in [-0.1, -0.05) is 30.0 Å². The molecule has 0 spiro atoms. The van der Waals surface area contributed by atoms with Crippen molar-refractivity contribution in [1.29, 1.82) is 0 Å². The molecule has 0 aliphatic rings. The lowest BCUT2D eigenvalue weighted by Crippen LogP contribution is -2.07. The van der Waals surface area contributed by atoms with E-state index in [0.29, 0.717) is 0 Å². The fourth-order valence-corrected chi connectivity index (χ4v) is 2.59. The van der Waals surface area contributed by atoms with Crippen LogP contribution in [0.1, 0.15) is 29.7 Å². The molecule has 3 aromatic carbocycles. The SMILES string of the molecule is CC(O)c1ccc2cc(C#Cc3ccc(N(C)C)cc3)ccc2c1. The Morgan fingerprint density at radius 3 is 2.04 bits per heavy atom. The Balaban J connectivity index is 1.87. The topological polar surface area (TPSA) is 23.5 Å². The number of rotatable bonds is 2. The molecule has 3 aromatic rings. The first kappa shape index (κ1) is 16.1. The minimum absolute atomic E-state index is 0.445. The number of anilines is 1. The third kappa shape index (κ3) is 3.59. The average Bonchev–Trinajstić information content (AvgIpc) is 2.59. The first-order valence-corrected chi connectivity index (χ1v) is 8.04. The molecule has 0 heterocycles. The van der Waals surface area contributed by atoms with Crippen molar-refractivity contribution in [1.82, 2.24) is 0 Å². The Labute approximate surface area is 143 Å². The van der Waals surface area contributed by atoms with Gasteiger partial charge in [-0.05, 0) is 65.7 Å². The van der Waals surface area contributed by atoms with Gasteiger partial charge in [-0.2, -0.15) is 0 Å². The van der Waals surface area contributed by atoms with E-state index in [4.69, 9.17) is 0 Å². The van der Waals surface area contributed by atoms with Gasteiger partial charge in [0.1, 0.15) is 0 Å². The van der Waals surface area contributed by atoms with Crippen molar-refractivity contribution in [3.8, 4) is 11.8 Å². The lowest BCUT2D eigenvalue weighted by Gasteiger charge is -2.11. The van der Waals surface area contributed by atoms with E-state index in [1.54, 1.807) is 6.92 Å². The molecule has 0 saturated carbocycles. The van der Waals surface area contributed by atoms with Gasteiger partial charge in [0, 0.05) is 30.9 Å². The molecule has 0 aromatic heterocycles. The van der Waals surface area contributed by atoms with Gasteiger partial charge in [0.05, 0.1) is 6.10 Å². The summed E-state index contributed by atoms with van der Waals surface area (Å²) in [7, 11) is 4.05. The van der Waals surface area contributed by atoms with Crippen molar-refractivity contribution < 1.29 is 5.11 Å². The number of fused-ring (bicyclic) bond motifs is 1. The second-order valence-corrected chi connectivity index (χ2v) is 6.19. The van der Waals surface area contributed by atoms with Crippen LogP contribution < -0.4 is 4.90 Å². The summed E-state index contributed by atoms with van der Waals surface area (Å²) in [5, 5.41) is 11.9. The van der Waals surface area contributed by atoms with Crippen LogP contribution in [0, 0.1) is 11.8 Å². The Bertz CT molecular complexity index is 912. The van der Waals surface area contributed by atoms with Crippen LogP contribution in [0.5, 0.6) is 0 Å². The molecule has 0 amide bonds. The van der Waals surface area contributed by atoms with Crippen molar-refractivity contribution in [3.05, 3.63) is 77.4 Å². The summed E-state index contributed by atoms with van der Waals surface area (Å²) in [5.74, 6) is 6.44. The van der Waals surface area contributed by atoms with Crippen LogP contribution >= 0.6 is 0 Å². The zero-order valence-corrected chi connectivity index (χ0v) is 14.2. The van der Waals surface area contributed by atoms with Crippen LogP contribution in [0.3, 0.4) is 0 Å². The Hall–Kier alpha value is -2.76. The van der Waals surface area contributed by atoms with Crippen LogP contribution in [0.2, 0.25) is 0 Å². The third-order valence-electron chi connectivity index (χ3n) is 4.08. The molecule has 120 valence electrons. The van der Waals surface area contributed by atoms with Gasteiger partial charge < -0.3 is 10.0 Å². The summed E-state index contributed by atoms with van der Waals surface area (Å²) in [6.07, 6.45) is -0.445. The maximum absolute atomic E-state index is 9.68. The maximum Gasteiger partial charge on any atom is 0.0762 e. The maximum atomic E-state index is 9.68. The van der Waals surface area contributed by atoms with E-state index in [-0.39, 0.29) is 0 Å². The molecule has 1 unspecified atom stereocenters. The molecule has 1 atom stereocenters. The number of nitrogens with zero attached hydrogens (tertiary/aromatic N) is 1. The Kier molecular flexibility index (Phi) is 4.55. The van der Waals surface area contributed by atoms with Crippen LogP contribution in [0.15, 0.2) is 60.7 Å². The minimum atomic E-state index is -0.445. The molecule has 2 heteroatoms. The molecule has 0 aliphatic heterocycles. The van der Waals surface area contributed by atoms with Crippen LogP contribution in [0.4, 0.5) is 5.69 Å². The van der Waals surface area contributed by atoms with Crippen LogP contribution in [-0.4, -0.2) is 19.2 Å². The minimum Gasteiger partial charge on any atom is -0.389 e. The summed E-state index contributed by atoms with van der Waals surface area (Å²) in [5.41, 5.74) is 4.09. The van der Waals surface area contributed by atoms with Crippen molar-refractivity contribution in [2.45, 2.75) is 13.0 Å². The van der Waals surface area contributed by atoms with E-state index in [2.05, 4.69) is 41.0 Å². The summed E-state index contributed by atoms with van der Waals surface area (Å²) in [6, 6.07) is 20.4. The molecule has 0 radical (unpaired) electrons. The van der Waals surface area contributed by atoms with Crippen LogP contribution in [-0.2, 0) is 0 Å². The number of benzene rings is 3. The summed E-state index contributed by atoms with van der Waals surface area (Å²) in [6.45, 7) is 1.78. The van der Waals surface area contributed by atoms with E-state index in [1.165, 1.54) is 5.69 Å². The zero-order chi connectivity index (χ0) is 17.1. The number of hydrogen-bond acceptors (Lipinski definition) is 2. The van der Waals surface area contributed by atoms with E-state index in [9.17, 15) is 5.11 Å². The highest BCUT2D eigenvalue weighted by atomic mass is 16.3. The molecule has 0 saturated heterocycles. The monoisotopic (exact) mass is 315 g/mol. The Morgan fingerprint density at radius 2 is 1.38 bits per heavy atom. The summed E-state index contributed by atoms with van der Waals surface area (Å²) < 4.78 is 0. The third-order valence-corrected chi connectivity index (χ3v) is 4.08. The largest absolute Gasteiger partial charge is 0.389 e. The lowest BCUT2D eigenvalue weighted by molar-refractivity contribution is 0.199. The molecular weight excluding hydrogens is 294 g/mol. The lowest BCUT2D eigenvalue weighted by atomic mass is 10.0. The van der Waals surface area contributed by atoms with Gasteiger partial charge in [-0.15, -0.1) is 0 Å². The van der Waals surface area contributed by atoms with Gasteiger partial charge in [0.2, 0.25) is 0 Å². The van der Waals surface area contributed by atoms with Gasteiger partial charge in [-0.25, -0.2) is 0 Å². The molecule has 1 N–H and O–H groups in total. The average molecular weight is 315 g/mol. The van der Waals surface area contributed by atoms with Gasteiger partial charge in [0.15, 0.2) is 0 Å². The van der Waals surface area contributed by atoms with E-state index >= 15 is 0 Å². The van der Waals surface area contributed by atoms with Crippen molar-refractivity contribution in [3.63, 3.8) is 0 Å². The quantitative estimate of drug-likeness (QED) is 0.710. The number of hydrogen-bond donors (Lipinski definition) is 1. The van der Waals surface area contributed by atoms with E-state index in [1.807, 2.05) is 50.5 Å². The van der Waals surface area contributed by atoms with Gasteiger partial charge in [0.25, 0.3) is 0 Å². The van der Waals surface area contributed by atoms with E-state index < -0.39 is 6.10 Å². The van der Waals surface area contributed by atoms with E-state index in [0.717, 1.165) is 27.5 Å². The van der Waals surface area contributed by atoms with Crippen molar-refractivity contribution >= 4 is 16.5 Å². The highest BCUT2D eigenvalue weighted by Gasteiger charge is 2.02. The van der Waals surface area contributed by atoms with Crippen molar-refractivity contribution in [2.75, 3.05) is 19.0 Å². The van der Waals surface area contributed by atoms with Crippen LogP contribution in [0.25, 0.3) is 10.8 Å².